The molecule has 0 saturated carbocycles. The predicted octanol–water partition coefficient (Wildman–Crippen LogP) is -1.02. The first-order chi connectivity index (χ1) is 8.91. The van der Waals surface area contributed by atoms with Gasteiger partial charge in [0.25, 0.3) is 0 Å². The Morgan fingerprint density at radius 3 is 2.53 bits per heavy atom. The molecule has 1 fully saturated rings. The molecule has 0 atom stereocenters. The summed E-state index contributed by atoms with van der Waals surface area (Å²) < 4.78 is 37.8. The second kappa shape index (κ2) is 5.23. The number of nitrogens with one attached hydrogen (secondary N) is 1. The van der Waals surface area contributed by atoms with Crippen LogP contribution in [0.15, 0.2) is 6.20 Å². The number of aromatic nitrogens is 2. The number of piperazine rings is 1. The van der Waals surface area contributed by atoms with Crippen molar-refractivity contribution in [2.24, 2.45) is 5.84 Å². The van der Waals surface area contributed by atoms with Crippen LogP contribution in [0.2, 0.25) is 0 Å². The van der Waals surface area contributed by atoms with Crippen LogP contribution in [0, 0.1) is 5.82 Å². The summed E-state index contributed by atoms with van der Waals surface area (Å²) >= 11 is 0. The molecule has 1 aliphatic heterocycles. The second-order valence-corrected chi connectivity index (χ2v) is 6.14. The number of anilines is 2. The van der Waals surface area contributed by atoms with Gasteiger partial charge in [0.2, 0.25) is 16.0 Å². The molecular weight excluding hydrogens is 275 g/mol. The lowest BCUT2D eigenvalue weighted by Crippen LogP contribution is -2.48. The van der Waals surface area contributed by atoms with Gasteiger partial charge in [0.05, 0.1) is 12.5 Å². The number of hydrogen-bond acceptors (Lipinski definition) is 7. The first kappa shape index (κ1) is 13.9. The van der Waals surface area contributed by atoms with E-state index in [1.54, 1.807) is 4.90 Å². The van der Waals surface area contributed by atoms with Crippen molar-refractivity contribution in [3.63, 3.8) is 0 Å². The van der Waals surface area contributed by atoms with Crippen LogP contribution in [0.1, 0.15) is 0 Å². The topological polar surface area (TPSA) is 104 Å². The Kier molecular flexibility index (Phi) is 3.83. The molecule has 1 saturated heterocycles. The molecule has 0 radical (unpaired) electrons. The highest BCUT2D eigenvalue weighted by molar-refractivity contribution is 7.88. The zero-order valence-corrected chi connectivity index (χ0v) is 11.2. The molecule has 1 aromatic rings. The number of nitrogen functional groups attached to an aromatic ring is 1. The van der Waals surface area contributed by atoms with Gasteiger partial charge in [0, 0.05) is 26.2 Å². The number of hydrazine groups is 1. The summed E-state index contributed by atoms with van der Waals surface area (Å²) in [5.74, 6) is 4.85. The number of rotatable bonds is 3. The SMILES string of the molecule is CS(=O)(=O)N1CCN(c2nc(NN)ncc2F)CC1. The summed E-state index contributed by atoms with van der Waals surface area (Å²) in [7, 11) is -3.21. The Bertz CT molecular complexity index is 558. The van der Waals surface area contributed by atoms with Crippen molar-refractivity contribution < 1.29 is 12.8 Å². The minimum absolute atomic E-state index is 0.113. The largest absolute Gasteiger partial charge is 0.351 e. The predicted molar refractivity (Wildman–Crippen MR) is 68.4 cm³/mol. The van der Waals surface area contributed by atoms with Gasteiger partial charge >= 0.3 is 0 Å². The third-order valence-corrected chi connectivity index (χ3v) is 4.17. The summed E-state index contributed by atoms with van der Waals surface area (Å²) in [5, 5.41) is 0. The Balaban J connectivity index is 2.13. The van der Waals surface area contributed by atoms with Crippen LogP contribution < -0.4 is 16.2 Å². The maximum absolute atomic E-state index is 13.7. The molecule has 2 heterocycles. The zero-order valence-electron chi connectivity index (χ0n) is 10.4. The van der Waals surface area contributed by atoms with Crippen molar-refractivity contribution in [1.29, 1.82) is 0 Å². The molecule has 0 unspecified atom stereocenters. The Morgan fingerprint density at radius 1 is 1.37 bits per heavy atom. The normalized spacial score (nSPS) is 17.5. The average Bonchev–Trinajstić information content (AvgIpc) is 2.38. The van der Waals surface area contributed by atoms with Crippen molar-refractivity contribution in [2.45, 2.75) is 0 Å². The number of halogens is 1. The molecule has 3 N–H and O–H groups in total. The van der Waals surface area contributed by atoms with Gasteiger partial charge in [-0.2, -0.15) is 9.29 Å². The monoisotopic (exact) mass is 290 g/mol. The first-order valence-electron chi connectivity index (χ1n) is 5.61. The van der Waals surface area contributed by atoms with Crippen molar-refractivity contribution in [3.8, 4) is 0 Å². The van der Waals surface area contributed by atoms with Crippen LogP contribution in [-0.2, 0) is 10.0 Å². The van der Waals surface area contributed by atoms with Gasteiger partial charge in [-0.15, -0.1) is 0 Å². The van der Waals surface area contributed by atoms with Crippen LogP contribution in [0.3, 0.4) is 0 Å². The second-order valence-electron chi connectivity index (χ2n) is 4.16. The van der Waals surface area contributed by atoms with E-state index in [0.29, 0.717) is 26.2 Å². The van der Waals surface area contributed by atoms with E-state index in [9.17, 15) is 12.8 Å². The van der Waals surface area contributed by atoms with Gasteiger partial charge in [0.15, 0.2) is 11.6 Å². The fraction of sp³-hybridized carbons (Fsp3) is 0.556. The average molecular weight is 290 g/mol. The summed E-state index contributed by atoms with van der Waals surface area (Å²) in [6.07, 6.45) is 2.19. The molecule has 0 bridgehead atoms. The maximum Gasteiger partial charge on any atom is 0.239 e. The fourth-order valence-corrected chi connectivity index (χ4v) is 2.71. The van der Waals surface area contributed by atoms with E-state index in [2.05, 4.69) is 15.4 Å². The van der Waals surface area contributed by atoms with Crippen molar-refractivity contribution in [3.05, 3.63) is 12.0 Å². The first-order valence-corrected chi connectivity index (χ1v) is 7.46. The van der Waals surface area contributed by atoms with E-state index in [1.165, 1.54) is 4.31 Å². The zero-order chi connectivity index (χ0) is 14.0. The molecule has 1 aliphatic rings. The lowest BCUT2D eigenvalue weighted by atomic mass is 10.3. The molecule has 0 aliphatic carbocycles. The lowest BCUT2D eigenvalue weighted by molar-refractivity contribution is 0.384. The summed E-state index contributed by atoms with van der Waals surface area (Å²) in [6.45, 7) is 1.33. The highest BCUT2D eigenvalue weighted by atomic mass is 32.2. The third kappa shape index (κ3) is 3.08. The van der Waals surface area contributed by atoms with E-state index in [4.69, 9.17) is 5.84 Å². The Morgan fingerprint density at radius 2 is 2.00 bits per heavy atom. The van der Waals surface area contributed by atoms with Gasteiger partial charge in [0.1, 0.15) is 0 Å². The van der Waals surface area contributed by atoms with Gasteiger partial charge in [-0.3, -0.25) is 5.43 Å². The molecule has 2 rings (SSSR count). The number of nitrogens with zero attached hydrogens (tertiary/aromatic N) is 4. The number of sulfonamides is 1. The highest BCUT2D eigenvalue weighted by Crippen LogP contribution is 2.19. The minimum Gasteiger partial charge on any atom is -0.351 e. The molecule has 19 heavy (non-hydrogen) atoms. The van der Waals surface area contributed by atoms with E-state index < -0.39 is 15.8 Å². The standard InChI is InChI=1S/C9H15FN6O2S/c1-19(17,18)16-4-2-15(3-5-16)8-7(10)6-12-9(13-8)14-11/h6H,2-5,11H2,1H3,(H,12,13,14). The van der Waals surface area contributed by atoms with Crippen LogP contribution in [0.25, 0.3) is 0 Å². The summed E-state index contributed by atoms with van der Waals surface area (Å²) in [4.78, 5) is 9.25. The quantitative estimate of drug-likeness (QED) is 0.542. The van der Waals surface area contributed by atoms with Gasteiger partial charge in [-0.05, 0) is 0 Å². The molecule has 8 nitrogen and oxygen atoms in total. The smallest absolute Gasteiger partial charge is 0.239 e. The minimum atomic E-state index is -3.21. The number of hydrogen-bond donors (Lipinski definition) is 2. The molecule has 0 aromatic carbocycles. The molecule has 0 spiro atoms. The molecule has 1 aromatic heterocycles. The lowest BCUT2D eigenvalue weighted by Gasteiger charge is -2.34. The van der Waals surface area contributed by atoms with Crippen molar-refractivity contribution in [2.75, 3.05) is 42.8 Å². The maximum atomic E-state index is 13.7. The molecular formula is C9H15FN6O2S. The highest BCUT2D eigenvalue weighted by Gasteiger charge is 2.25. The van der Waals surface area contributed by atoms with E-state index >= 15 is 0 Å². The Hall–Kier alpha value is -1.52. The van der Waals surface area contributed by atoms with Crippen LogP contribution in [-0.4, -0.2) is 55.1 Å². The van der Waals surface area contributed by atoms with Crippen LogP contribution in [0.4, 0.5) is 16.2 Å². The van der Waals surface area contributed by atoms with Gasteiger partial charge in [-0.1, -0.05) is 0 Å². The molecule has 10 heteroatoms. The van der Waals surface area contributed by atoms with Gasteiger partial charge in [-0.25, -0.2) is 23.6 Å². The van der Waals surface area contributed by atoms with Crippen LogP contribution >= 0.6 is 0 Å². The summed E-state index contributed by atoms with van der Waals surface area (Å²) in [6, 6.07) is 0. The van der Waals surface area contributed by atoms with Gasteiger partial charge < -0.3 is 4.90 Å². The van der Waals surface area contributed by atoms with Crippen LogP contribution in [0.5, 0.6) is 0 Å². The molecule has 106 valence electrons. The van der Waals surface area contributed by atoms with E-state index in [-0.39, 0.29) is 11.8 Å². The summed E-state index contributed by atoms with van der Waals surface area (Å²) in [5.41, 5.74) is 2.24. The third-order valence-electron chi connectivity index (χ3n) is 2.86. The Labute approximate surface area is 110 Å². The van der Waals surface area contributed by atoms with E-state index in [1.807, 2.05) is 0 Å². The fourth-order valence-electron chi connectivity index (χ4n) is 1.88. The van der Waals surface area contributed by atoms with E-state index in [0.717, 1.165) is 12.5 Å². The van der Waals surface area contributed by atoms with Crippen molar-refractivity contribution in [1.82, 2.24) is 14.3 Å². The number of nitrogens with two attached hydrogens (primary N) is 1. The van der Waals surface area contributed by atoms with Crippen molar-refractivity contribution >= 4 is 21.8 Å². The molecule has 0 amide bonds.